The highest BCUT2D eigenvalue weighted by Crippen LogP contribution is 2.33. The van der Waals surface area contributed by atoms with Gasteiger partial charge in [-0.05, 0) is 25.0 Å². The fourth-order valence-corrected chi connectivity index (χ4v) is 1.57. The van der Waals surface area contributed by atoms with Crippen LogP contribution in [0.15, 0.2) is 36.5 Å². The quantitative estimate of drug-likeness (QED) is 0.605. The number of ether oxygens (including phenoxy) is 2. The highest BCUT2D eigenvalue weighted by molar-refractivity contribution is 5.33. The maximum absolute atomic E-state index is 5.58. The van der Waals surface area contributed by atoms with Gasteiger partial charge < -0.3 is 9.47 Å². The van der Waals surface area contributed by atoms with Crippen molar-refractivity contribution in [1.29, 1.82) is 0 Å². The van der Waals surface area contributed by atoms with E-state index in [-0.39, 0.29) is 12.2 Å². The third-order valence-electron chi connectivity index (χ3n) is 2.54. The van der Waals surface area contributed by atoms with Gasteiger partial charge in [-0.15, -0.1) is 13.2 Å². The van der Waals surface area contributed by atoms with Crippen LogP contribution in [0.25, 0.3) is 0 Å². The highest BCUT2D eigenvalue weighted by Gasteiger charge is 2.36. The van der Waals surface area contributed by atoms with Crippen LogP contribution in [0.2, 0.25) is 0 Å². The van der Waals surface area contributed by atoms with E-state index >= 15 is 0 Å². The standard InChI is InChI=1S/C12H18O2/c1-5-7-13-11-9(3)10(4)12(11)14-8-6-2/h5-6,11-12H,1-2,7-8H2,3-4H3/t11-,12+. The molecule has 0 saturated heterocycles. The predicted molar refractivity (Wildman–Crippen MR) is 58.2 cm³/mol. The molecule has 1 rings (SSSR count). The summed E-state index contributed by atoms with van der Waals surface area (Å²) in [6, 6.07) is 0. The van der Waals surface area contributed by atoms with Gasteiger partial charge in [0.2, 0.25) is 0 Å². The second-order valence-electron chi connectivity index (χ2n) is 3.45. The van der Waals surface area contributed by atoms with Gasteiger partial charge in [0, 0.05) is 0 Å². The fraction of sp³-hybridized carbons (Fsp3) is 0.500. The van der Waals surface area contributed by atoms with Crippen molar-refractivity contribution in [2.75, 3.05) is 13.2 Å². The zero-order valence-electron chi connectivity index (χ0n) is 8.95. The molecule has 78 valence electrons. The van der Waals surface area contributed by atoms with Gasteiger partial charge in [0.25, 0.3) is 0 Å². The molecule has 0 aliphatic heterocycles. The van der Waals surface area contributed by atoms with Crippen molar-refractivity contribution in [2.45, 2.75) is 26.1 Å². The molecule has 2 nitrogen and oxygen atoms in total. The van der Waals surface area contributed by atoms with E-state index in [2.05, 4.69) is 27.0 Å². The molecule has 0 fully saturated rings. The topological polar surface area (TPSA) is 18.5 Å². The zero-order valence-corrected chi connectivity index (χ0v) is 8.95. The molecule has 0 bridgehead atoms. The lowest BCUT2D eigenvalue weighted by molar-refractivity contribution is -0.0438. The van der Waals surface area contributed by atoms with Gasteiger partial charge in [-0.2, -0.15) is 0 Å². The van der Waals surface area contributed by atoms with Crippen molar-refractivity contribution in [2.24, 2.45) is 0 Å². The smallest absolute Gasteiger partial charge is 0.109 e. The largest absolute Gasteiger partial charge is 0.367 e. The van der Waals surface area contributed by atoms with Crippen LogP contribution >= 0.6 is 0 Å². The van der Waals surface area contributed by atoms with Crippen molar-refractivity contribution in [1.82, 2.24) is 0 Å². The van der Waals surface area contributed by atoms with Gasteiger partial charge in [-0.1, -0.05) is 12.2 Å². The number of hydrogen-bond donors (Lipinski definition) is 0. The first-order valence-electron chi connectivity index (χ1n) is 4.84. The maximum atomic E-state index is 5.58. The molecule has 14 heavy (non-hydrogen) atoms. The summed E-state index contributed by atoms with van der Waals surface area (Å²) in [4.78, 5) is 0. The molecule has 1 aliphatic rings. The van der Waals surface area contributed by atoms with Crippen molar-refractivity contribution >= 4 is 0 Å². The van der Waals surface area contributed by atoms with Gasteiger partial charge >= 0.3 is 0 Å². The third-order valence-corrected chi connectivity index (χ3v) is 2.54. The van der Waals surface area contributed by atoms with Crippen LogP contribution in [-0.2, 0) is 9.47 Å². The monoisotopic (exact) mass is 194 g/mol. The minimum absolute atomic E-state index is 0.105. The predicted octanol–water partition coefficient (Wildman–Crippen LogP) is 2.48. The van der Waals surface area contributed by atoms with E-state index in [0.29, 0.717) is 13.2 Å². The molecule has 0 saturated carbocycles. The van der Waals surface area contributed by atoms with Gasteiger partial charge in [0.05, 0.1) is 13.2 Å². The third kappa shape index (κ3) is 2.14. The molecule has 0 radical (unpaired) electrons. The molecule has 0 aromatic rings. The minimum Gasteiger partial charge on any atom is -0.367 e. The summed E-state index contributed by atoms with van der Waals surface area (Å²) >= 11 is 0. The van der Waals surface area contributed by atoms with E-state index in [1.807, 2.05) is 0 Å². The molecule has 0 unspecified atom stereocenters. The molecule has 0 aromatic heterocycles. The molecule has 0 heterocycles. The Balaban J connectivity index is 2.49. The minimum atomic E-state index is 0.105. The fourth-order valence-electron chi connectivity index (χ4n) is 1.57. The lowest BCUT2D eigenvalue weighted by atomic mass is 9.84. The normalized spacial score (nSPS) is 25.9. The van der Waals surface area contributed by atoms with Crippen molar-refractivity contribution in [3.63, 3.8) is 0 Å². The lowest BCUT2D eigenvalue weighted by Gasteiger charge is -2.38. The van der Waals surface area contributed by atoms with Crippen molar-refractivity contribution in [3.8, 4) is 0 Å². The molecular weight excluding hydrogens is 176 g/mol. The second kappa shape index (κ2) is 5.13. The van der Waals surface area contributed by atoms with E-state index in [4.69, 9.17) is 9.47 Å². The van der Waals surface area contributed by atoms with Crippen LogP contribution < -0.4 is 0 Å². The first-order valence-corrected chi connectivity index (χ1v) is 4.84. The molecule has 1 aliphatic carbocycles. The van der Waals surface area contributed by atoms with Crippen molar-refractivity contribution in [3.05, 3.63) is 36.5 Å². The Kier molecular flexibility index (Phi) is 4.11. The Labute approximate surface area is 85.9 Å². The summed E-state index contributed by atoms with van der Waals surface area (Å²) in [7, 11) is 0. The van der Waals surface area contributed by atoms with Gasteiger partial charge in [0.1, 0.15) is 12.2 Å². The molecule has 2 heteroatoms. The summed E-state index contributed by atoms with van der Waals surface area (Å²) in [6.07, 6.45) is 3.72. The van der Waals surface area contributed by atoms with Crippen LogP contribution in [0, 0.1) is 0 Å². The van der Waals surface area contributed by atoms with E-state index in [0.717, 1.165) is 0 Å². The Bertz CT molecular complexity index is 227. The Hall–Kier alpha value is -0.860. The number of hydrogen-bond acceptors (Lipinski definition) is 2. The number of rotatable bonds is 6. The highest BCUT2D eigenvalue weighted by atomic mass is 16.5. The van der Waals surface area contributed by atoms with Crippen LogP contribution in [0.3, 0.4) is 0 Å². The van der Waals surface area contributed by atoms with E-state index in [1.54, 1.807) is 12.2 Å². The van der Waals surface area contributed by atoms with E-state index < -0.39 is 0 Å². The van der Waals surface area contributed by atoms with E-state index in [1.165, 1.54) is 11.1 Å². The second-order valence-corrected chi connectivity index (χ2v) is 3.45. The van der Waals surface area contributed by atoms with Crippen LogP contribution in [0.5, 0.6) is 0 Å². The zero-order chi connectivity index (χ0) is 10.6. The molecule has 2 atom stereocenters. The van der Waals surface area contributed by atoms with Crippen LogP contribution in [0.4, 0.5) is 0 Å². The molecule has 0 N–H and O–H groups in total. The first-order chi connectivity index (χ1) is 6.72. The molecular formula is C12H18O2. The van der Waals surface area contributed by atoms with Crippen molar-refractivity contribution < 1.29 is 9.47 Å². The molecule has 0 spiro atoms. The average Bonchev–Trinajstić information content (AvgIpc) is 2.21. The first kappa shape index (κ1) is 11.2. The van der Waals surface area contributed by atoms with Gasteiger partial charge in [-0.25, -0.2) is 0 Å². The average molecular weight is 194 g/mol. The summed E-state index contributed by atoms with van der Waals surface area (Å²) in [5, 5.41) is 0. The molecule has 0 amide bonds. The maximum Gasteiger partial charge on any atom is 0.109 e. The van der Waals surface area contributed by atoms with Crippen LogP contribution in [0.1, 0.15) is 13.8 Å². The summed E-state index contributed by atoms with van der Waals surface area (Å²) in [5.74, 6) is 0. The van der Waals surface area contributed by atoms with E-state index in [9.17, 15) is 0 Å². The summed E-state index contributed by atoms with van der Waals surface area (Å²) in [6.45, 7) is 12.6. The lowest BCUT2D eigenvalue weighted by Crippen LogP contribution is -2.43. The molecule has 0 aromatic carbocycles. The summed E-state index contributed by atoms with van der Waals surface area (Å²) in [5.41, 5.74) is 2.56. The Morgan fingerprint density at radius 3 is 1.64 bits per heavy atom. The van der Waals surface area contributed by atoms with Crippen LogP contribution in [-0.4, -0.2) is 25.4 Å². The SMILES string of the molecule is C=CCO[C@@H]1C(C)=C(C)[C@@H]1OCC=C. The van der Waals surface area contributed by atoms with Gasteiger partial charge in [0.15, 0.2) is 0 Å². The Morgan fingerprint density at radius 2 is 1.36 bits per heavy atom. The van der Waals surface area contributed by atoms with Gasteiger partial charge in [-0.3, -0.25) is 0 Å². The summed E-state index contributed by atoms with van der Waals surface area (Å²) < 4.78 is 11.2. The Morgan fingerprint density at radius 1 is 1.00 bits per heavy atom.